The summed E-state index contributed by atoms with van der Waals surface area (Å²) in [5.41, 5.74) is 13.1. The zero-order chi connectivity index (χ0) is 23.5. The van der Waals surface area contributed by atoms with Crippen molar-refractivity contribution in [1.29, 1.82) is 0 Å². The summed E-state index contributed by atoms with van der Waals surface area (Å²) in [6.07, 6.45) is 0. The quantitative estimate of drug-likeness (QED) is 0.136. The summed E-state index contributed by atoms with van der Waals surface area (Å²) in [6, 6.07) is 15.1. The van der Waals surface area contributed by atoms with Gasteiger partial charge in [-0.15, -0.1) is 5.10 Å². The Morgan fingerprint density at radius 3 is 2.38 bits per heavy atom. The van der Waals surface area contributed by atoms with Crippen molar-refractivity contribution in [2.24, 2.45) is 22.5 Å². The van der Waals surface area contributed by atoms with Gasteiger partial charge in [0.25, 0.3) is 0 Å². The van der Waals surface area contributed by atoms with E-state index < -0.39 is 0 Å². The molecule has 0 unspecified atom stereocenters. The predicted octanol–water partition coefficient (Wildman–Crippen LogP) is 2.30. The number of carbonyl (C=O) groups excluding carboxylic acids is 1. The number of halogens is 1. The summed E-state index contributed by atoms with van der Waals surface area (Å²) < 4.78 is 22.9. The van der Waals surface area contributed by atoms with Crippen LogP contribution in [0.4, 0.5) is 4.39 Å². The monoisotopic (exact) mass is 442 g/mol. The number of cyclic esters (lactones) is 1. The molecule has 10 heteroatoms. The lowest BCUT2D eigenvalue weighted by Gasteiger charge is -1.99. The summed E-state index contributed by atoms with van der Waals surface area (Å²) in [5, 5.41) is 3.52. The van der Waals surface area contributed by atoms with E-state index in [0.29, 0.717) is 17.7 Å². The second-order valence-electron chi connectivity index (χ2n) is 6.55. The van der Waals surface area contributed by atoms with Gasteiger partial charge in [-0.05, 0) is 55.5 Å². The normalized spacial score (nSPS) is 12.0. The minimum Gasteiger partial charge on any atom is -0.461 e. The molecule has 2 aromatic carbocycles. The molecule has 1 aliphatic rings. The topological polar surface area (TPSA) is 154 Å². The van der Waals surface area contributed by atoms with Crippen molar-refractivity contribution in [2.45, 2.75) is 20.5 Å². The molecule has 4 rings (SSSR count). The second kappa shape index (κ2) is 12.2. The lowest BCUT2D eigenvalue weighted by atomic mass is 10.0. The Labute approximate surface area is 185 Å². The third-order valence-corrected chi connectivity index (χ3v) is 4.24. The van der Waals surface area contributed by atoms with Gasteiger partial charge in [0.2, 0.25) is 0 Å². The molecule has 0 bridgehead atoms. The number of furan rings is 1. The molecule has 1 aromatic heterocycles. The van der Waals surface area contributed by atoms with Gasteiger partial charge >= 0.3 is 5.97 Å². The molecule has 0 radical (unpaired) electrons. The lowest BCUT2D eigenvalue weighted by Crippen LogP contribution is -2.22. The van der Waals surface area contributed by atoms with Crippen LogP contribution in [0.3, 0.4) is 0 Å². The Morgan fingerprint density at radius 1 is 1.12 bits per heavy atom. The van der Waals surface area contributed by atoms with Crippen LogP contribution >= 0.6 is 0 Å². The van der Waals surface area contributed by atoms with Gasteiger partial charge < -0.3 is 14.9 Å². The molecule has 0 saturated heterocycles. The van der Waals surface area contributed by atoms with E-state index in [4.69, 9.17) is 26.6 Å². The number of hydrogen-bond donors (Lipinski definition) is 5. The van der Waals surface area contributed by atoms with Gasteiger partial charge in [0, 0.05) is 23.2 Å². The van der Waals surface area contributed by atoms with Gasteiger partial charge in [-0.2, -0.15) is 0 Å². The summed E-state index contributed by atoms with van der Waals surface area (Å²) >= 11 is 0. The number of hydrogen-bond acceptors (Lipinski definition) is 8. The van der Waals surface area contributed by atoms with E-state index in [1.54, 1.807) is 6.07 Å². The third kappa shape index (κ3) is 6.91. The standard InChI is InChI=1S/C13H10O3.C7H9FN4.C2H8N2/c1-8-2-5-12(16-8)9-3-4-11-10(6-9)7-15-13(11)14;8-6-3-1-5(2-4-6)7(9)11-12-10;1-2-4-3/h2-6H,7H2,1H3;1-4,12H,10H2,(H2,9,11);4H,2-3H2,1H3. The summed E-state index contributed by atoms with van der Waals surface area (Å²) in [7, 11) is 0. The van der Waals surface area contributed by atoms with Crippen LogP contribution < -0.4 is 28.4 Å². The van der Waals surface area contributed by atoms with Gasteiger partial charge in [-0.3, -0.25) is 11.3 Å². The minimum atomic E-state index is -0.313. The molecule has 0 spiro atoms. The average molecular weight is 442 g/mol. The first kappa shape index (κ1) is 24.5. The number of benzene rings is 2. The van der Waals surface area contributed by atoms with E-state index in [1.165, 1.54) is 24.3 Å². The van der Waals surface area contributed by atoms with Crippen LogP contribution in [0.25, 0.3) is 11.3 Å². The largest absolute Gasteiger partial charge is 0.461 e. The number of carbonyl (C=O) groups is 1. The summed E-state index contributed by atoms with van der Waals surface area (Å²) in [5.74, 6) is 11.0. The molecular weight excluding hydrogens is 415 g/mol. The average Bonchev–Trinajstić information content (AvgIpc) is 3.40. The first-order valence-corrected chi connectivity index (χ1v) is 9.74. The number of nitrogens with zero attached hydrogens (tertiary/aromatic N) is 1. The number of hydrazone groups is 1. The van der Waals surface area contributed by atoms with Gasteiger partial charge in [0.1, 0.15) is 23.9 Å². The zero-order valence-corrected chi connectivity index (χ0v) is 17.9. The first-order chi connectivity index (χ1) is 15.4. The van der Waals surface area contributed by atoms with E-state index in [2.05, 4.69) is 10.5 Å². The van der Waals surface area contributed by atoms with Crippen LogP contribution in [0.15, 0.2) is 64.1 Å². The number of ether oxygens (including phenoxy) is 1. The number of esters is 1. The van der Waals surface area contributed by atoms with Crippen LogP contribution in [0.1, 0.15) is 34.2 Å². The fourth-order valence-corrected chi connectivity index (χ4v) is 2.63. The molecule has 0 aliphatic carbocycles. The van der Waals surface area contributed by atoms with Gasteiger partial charge in [-0.25, -0.2) is 20.6 Å². The lowest BCUT2D eigenvalue weighted by molar-refractivity contribution is 0.0535. The van der Waals surface area contributed by atoms with Gasteiger partial charge in [0.15, 0.2) is 5.84 Å². The number of hydrazine groups is 2. The van der Waals surface area contributed by atoms with Crippen molar-refractivity contribution in [2.75, 3.05) is 6.54 Å². The van der Waals surface area contributed by atoms with Gasteiger partial charge in [-0.1, -0.05) is 13.0 Å². The van der Waals surface area contributed by atoms with E-state index in [-0.39, 0.29) is 17.6 Å². The van der Waals surface area contributed by atoms with Crippen molar-refractivity contribution in [3.63, 3.8) is 0 Å². The zero-order valence-electron chi connectivity index (χ0n) is 17.9. The molecule has 0 atom stereocenters. The van der Waals surface area contributed by atoms with E-state index in [1.807, 2.05) is 43.6 Å². The first-order valence-electron chi connectivity index (χ1n) is 9.74. The Bertz CT molecular complexity index is 1050. The van der Waals surface area contributed by atoms with Crippen LogP contribution in [0.2, 0.25) is 0 Å². The molecule has 1 aliphatic heterocycles. The molecular formula is C22H27FN6O3. The third-order valence-electron chi connectivity index (χ3n) is 4.24. The van der Waals surface area contributed by atoms with Crippen molar-refractivity contribution in [3.8, 4) is 11.3 Å². The highest BCUT2D eigenvalue weighted by Crippen LogP contribution is 2.27. The number of amidine groups is 1. The SMILES string of the molecule is CCNN.Cc1ccc(-c2ccc3c(c2)COC3=O)o1.NN/N=C(\N)c1ccc(F)cc1. The second-order valence-corrected chi connectivity index (χ2v) is 6.55. The molecule has 9 nitrogen and oxygen atoms in total. The van der Waals surface area contributed by atoms with E-state index in [9.17, 15) is 9.18 Å². The molecule has 170 valence electrons. The molecule has 0 fully saturated rings. The van der Waals surface area contributed by atoms with Crippen LogP contribution in [-0.4, -0.2) is 18.3 Å². The predicted molar refractivity (Wildman–Crippen MR) is 120 cm³/mol. The Kier molecular flexibility index (Phi) is 9.36. The number of fused-ring (bicyclic) bond motifs is 1. The maximum absolute atomic E-state index is 12.4. The number of nitrogens with two attached hydrogens (primary N) is 3. The number of nitrogens with one attached hydrogen (secondary N) is 2. The van der Waals surface area contributed by atoms with Crippen LogP contribution in [0.5, 0.6) is 0 Å². The Hall–Kier alpha value is -3.73. The molecule has 3 aromatic rings. The molecule has 0 saturated carbocycles. The van der Waals surface area contributed by atoms with Crippen molar-refractivity contribution >= 4 is 11.8 Å². The summed E-state index contributed by atoms with van der Waals surface area (Å²) in [6.45, 7) is 5.06. The number of aryl methyl sites for hydroxylation is 1. The maximum atomic E-state index is 12.4. The van der Waals surface area contributed by atoms with Crippen molar-refractivity contribution < 1.29 is 18.3 Å². The van der Waals surface area contributed by atoms with E-state index >= 15 is 0 Å². The fraction of sp³-hybridized carbons (Fsp3) is 0.182. The molecule has 0 amide bonds. The maximum Gasteiger partial charge on any atom is 0.338 e. The van der Waals surface area contributed by atoms with E-state index in [0.717, 1.165) is 29.2 Å². The van der Waals surface area contributed by atoms with Gasteiger partial charge in [0.05, 0.1) is 5.56 Å². The molecule has 32 heavy (non-hydrogen) atoms. The van der Waals surface area contributed by atoms with Crippen LogP contribution in [-0.2, 0) is 11.3 Å². The van der Waals surface area contributed by atoms with Crippen molar-refractivity contribution in [3.05, 3.63) is 82.9 Å². The fourth-order valence-electron chi connectivity index (χ4n) is 2.63. The highest BCUT2D eigenvalue weighted by atomic mass is 19.1. The molecule has 2 heterocycles. The highest BCUT2D eigenvalue weighted by Gasteiger charge is 2.21. The smallest absolute Gasteiger partial charge is 0.338 e. The van der Waals surface area contributed by atoms with Crippen molar-refractivity contribution in [1.82, 2.24) is 11.0 Å². The van der Waals surface area contributed by atoms with Crippen LogP contribution in [0, 0.1) is 12.7 Å². The number of rotatable bonds is 4. The minimum absolute atomic E-state index is 0.220. The Balaban J connectivity index is 0.000000202. The highest BCUT2D eigenvalue weighted by molar-refractivity contribution is 5.97. The summed E-state index contributed by atoms with van der Waals surface area (Å²) in [4.78, 5) is 11.3. The Morgan fingerprint density at radius 2 is 1.81 bits per heavy atom. The molecule has 8 N–H and O–H groups in total.